The third kappa shape index (κ3) is 3.56. The molecular formula is C15H23BrN2. The molecule has 2 atom stereocenters. The van der Waals surface area contributed by atoms with E-state index in [1.54, 1.807) is 0 Å². The predicted molar refractivity (Wildman–Crippen MR) is 81.0 cm³/mol. The van der Waals surface area contributed by atoms with Crippen LogP contribution in [0.2, 0.25) is 0 Å². The summed E-state index contributed by atoms with van der Waals surface area (Å²) in [5, 5.41) is 3.77. The van der Waals surface area contributed by atoms with Crippen molar-refractivity contribution in [3.63, 3.8) is 0 Å². The van der Waals surface area contributed by atoms with Gasteiger partial charge in [-0.05, 0) is 70.1 Å². The number of benzene rings is 1. The molecule has 1 aliphatic rings. The van der Waals surface area contributed by atoms with Crippen LogP contribution < -0.4 is 5.32 Å². The van der Waals surface area contributed by atoms with Crippen molar-refractivity contribution in [1.82, 2.24) is 10.2 Å². The van der Waals surface area contributed by atoms with Crippen LogP contribution in [-0.4, -0.2) is 31.6 Å². The Morgan fingerprint density at radius 2 is 2.22 bits per heavy atom. The molecule has 0 saturated carbocycles. The zero-order chi connectivity index (χ0) is 13.1. The van der Waals surface area contributed by atoms with Crippen LogP contribution in [0.5, 0.6) is 0 Å². The number of fused-ring (bicyclic) bond motifs is 1. The van der Waals surface area contributed by atoms with E-state index in [9.17, 15) is 0 Å². The molecule has 1 aromatic rings. The maximum absolute atomic E-state index is 3.77. The molecule has 2 unspecified atom stereocenters. The maximum atomic E-state index is 3.77. The van der Waals surface area contributed by atoms with Crippen LogP contribution in [0.3, 0.4) is 0 Å². The van der Waals surface area contributed by atoms with Gasteiger partial charge in [-0.2, -0.15) is 0 Å². The van der Waals surface area contributed by atoms with Crippen molar-refractivity contribution >= 4 is 15.9 Å². The first-order valence-corrected chi connectivity index (χ1v) is 7.54. The highest BCUT2D eigenvalue weighted by molar-refractivity contribution is 9.10. The van der Waals surface area contributed by atoms with Gasteiger partial charge in [-0.25, -0.2) is 0 Å². The van der Waals surface area contributed by atoms with Crippen molar-refractivity contribution < 1.29 is 0 Å². The Kier molecular flexibility index (Phi) is 4.82. The van der Waals surface area contributed by atoms with Gasteiger partial charge < -0.3 is 10.2 Å². The van der Waals surface area contributed by atoms with Gasteiger partial charge in [0.1, 0.15) is 0 Å². The summed E-state index contributed by atoms with van der Waals surface area (Å²) in [7, 11) is 4.27. The average Bonchev–Trinajstić information content (AvgIpc) is 2.69. The van der Waals surface area contributed by atoms with Crippen molar-refractivity contribution in [3.8, 4) is 0 Å². The average molecular weight is 311 g/mol. The summed E-state index contributed by atoms with van der Waals surface area (Å²) in [5.74, 6) is 0. The van der Waals surface area contributed by atoms with E-state index in [4.69, 9.17) is 0 Å². The Morgan fingerprint density at radius 3 is 2.94 bits per heavy atom. The fourth-order valence-corrected chi connectivity index (χ4v) is 3.05. The van der Waals surface area contributed by atoms with Crippen molar-refractivity contribution in [2.24, 2.45) is 0 Å². The SMILES string of the molecule is CC(CCN(C)C)NC1CCc2cc(Br)ccc21. The van der Waals surface area contributed by atoms with E-state index in [2.05, 4.69) is 65.4 Å². The Morgan fingerprint density at radius 1 is 1.44 bits per heavy atom. The molecule has 0 amide bonds. The van der Waals surface area contributed by atoms with Gasteiger partial charge in [0.25, 0.3) is 0 Å². The smallest absolute Gasteiger partial charge is 0.0328 e. The molecule has 0 bridgehead atoms. The van der Waals surface area contributed by atoms with Crippen molar-refractivity contribution in [1.29, 1.82) is 0 Å². The number of hydrogen-bond acceptors (Lipinski definition) is 2. The Bertz CT molecular complexity index is 403. The predicted octanol–water partition coefficient (Wildman–Crippen LogP) is 3.37. The summed E-state index contributed by atoms with van der Waals surface area (Å²) in [6.07, 6.45) is 3.64. The van der Waals surface area contributed by atoms with E-state index >= 15 is 0 Å². The van der Waals surface area contributed by atoms with Crippen LogP contribution in [0, 0.1) is 0 Å². The molecule has 0 radical (unpaired) electrons. The van der Waals surface area contributed by atoms with Gasteiger partial charge in [0.05, 0.1) is 0 Å². The quantitative estimate of drug-likeness (QED) is 0.897. The second-order valence-corrected chi connectivity index (χ2v) is 6.51. The molecule has 0 fully saturated rings. The van der Waals surface area contributed by atoms with Gasteiger partial charge in [0, 0.05) is 16.6 Å². The van der Waals surface area contributed by atoms with Crippen LogP contribution in [0.4, 0.5) is 0 Å². The zero-order valence-corrected chi connectivity index (χ0v) is 13.1. The molecule has 1 N–H and O–H groups in total. The lowest BCUT2D eigenvalue weighted by atomic mass is 10.1. The standard InChI is InChI=1S/C15H23BrN2/c1-11(8-9-18(2)3)17-15-7-4-12-10-13(16)5-6-14(12)15/h5-6,10-11,15,17H,4,7-9H2,1-3H3. The molecule has 2 nitrogen and oxygen atoms in total. The molecule has 1 aromatic carbocycles. The Balaban J connectivity index is 1.93. The number of hydrogen-bond donors (Lipinski definition) is 1. The lowest BCUT2D eigenvalue weighted by Gasteiger charge is -2.22. The minimum Gasteiger partial charge on any atom is -0.309 e. The van der Waals surface area contributed by atoms with Gasteiger partial charge in [0.15, 0.2) is 0 Å². The van der Waals surface area contributed by atoms with Gasteiger partial charge in [-0.3, -0.25) is 0 Å². The third-order valence-corrected chi connectivity index (χ3v) is 4.17. The lowest BCUT2D eigenvalue weighted by molar-refractivity contribution is 0.349. The molecule has 3 heteroatoms. The van der Waals surface area contributed by atoms with Crippen LogP contribution >= 0.6 is 15.9 Å². The van der Waals surface area contributed by atoms with Crippen LogP contribution in [0.25, 0.3) is 0 Å². The Labute approximate surface area is 119 Å². The highest BCUT2D eigenvalue weighted by Crippen LogP contribution is 2.33. The zero-order valence-electron chi connectivity index (χ0n) is 11.5. The van der Waals surface area contributed by atoms with Crippen molar-refractivity contribution in [2.75, 3.05) is 20.6 Å². The molecular weight excluding hydrogens is 288 g/mol. The molecule has 0 heterocycles. The first-order valence-electron chi connectivity index (χ1n) is 6.75. The molecule has 1 aliphatic carbocycles. The van der Waals surface area contributed by atoms with Gasteiger partial charge in [-0.15, -0.1) is 0 Å². The number of nitrogens with zero attached hydrogens (tertiary/aromatic N) is 1. The van der Waals surface area contributed by atoms with E-state index in [0.29, 0.717) is 12.1 Å². The number of nitrogens with one attached hydrogen (secondary N) is 1. The van der Waals surface area contributed by atoms with Gasteiger partial charge in [0.2, 0.25) is 0 Å². The van der Waals surface area contributed by atoms with Crippen LogP contribution in [0.15, 0.2) is 22.7 Å². The fraction of sp³-hybridized carbons (Fsp3) is 0.600. The largest absolute Gasteiger partial charge is 0.309 e. The van der Waals surface area contributed by atoms with Gasteiger partial charge in [-0.1, -0.05) is 22.0 Å². The molecule has 0 saturated heterocycles. The third-order valence-electron chi connectivity index (χ3n) is 3.68. The van der Waals surface area contributed by atoms with E-state index in [0.717, 1.165) is 6.54 Å². The van der Waals surface area contributed by atoms with E-state index < -0.39 is 0 Å². The second-order valence-electron chi connectivity index (χ2n) is 5.59. The molecule has 2 rings (SSSR count). The number of halogens is 1. The fourth-order valence-electron chi connectivity index (χ4n) is 2.64. The van der Waals surface area contributed by atoms with Crippen LogP contribution in [-0.2, 0) is 6.42 Å². The Hall–Kier alpha value is -0.380. The molecule has 0 spiro atoms. The monoisotopic (exact) mass is 310 g/mol. The van der Waals surface area contributed by atoms with Crippen molar-refractivity contribution in [3.05, 3.63) is 33.8 Å². The minimum atomic E-state index is 0.547. The van der Waals surface area contributed by atoms with E-state index in [1.807, 2.05) is 0 Å². The molecule has 0 aliphatic heterocycles. The summed E-state index contributed by atoms with van der Waals surface area (Å²) in [4.78, 5) is 2.25. The maximum Gasteiger partial charge on any atom is 0.0328 e. The second kappa shape index (κ2) is 6.18. The highest BCUT2D eigenvalue weighted by Gasteiger charge is 2.23. The minimum absolute atomic E-state index is 0.547. The summed E-state index contributed by atoms with van der Waals surface area (Å²) in [6.45, 7) is 3.44. The summed E-state index contributed by atoms with van der Waals surface area (Å²) in [5.41, 5.74) is 3.00. The highest BCUT2D eigenvalue weighted by atomic mass is 79.9. The molecule has 100 valence electrons. The summed E-state index contributed by atoms with van der Waals surface area (Å²) < 4.78 is 1.20. The van der Waals surface area contributed by atoms with Crippen molar-refractivity contribution in [2.45, 2.75) is 38.3 Å². The van der Waals surface area contributed by atoms with Crippen LogP contribution in [0.1, 0.15) is 36.9 Å². The molecule has 18 heavy (non-hydrogen) atoms. The van der Waals surface area contributed by atoms with E-state index in [-0.39, 0.29) is 0 Å². The summed E-state index contributed by atoms with van der Waals surface area (Å²) in [6, 6.07) is 7.81. The summed E-state index contributed by atoms with van der Waals surface area (Å²) >= 11 is 3.55. The first-order chi connectivity index (χ1) is 8.56. The topological polar surface area (TPSA) is 15.3 Å². The lowest BCUT2D eigenvalue weighted by Crippen LogP contribution is -2.32. The van der Waals surface area contributed by atoms with E-state index in [1.165, 1.54) is 34.9 Å². The van der Waals surface area contributed by atoms with Gasteiger partial charge >= 0.3 is 0 Å². The molecule has 0 aromatic heterocycles. The number of aryl methyl sites for hydroxylation is 1. The first kappa shape index (κ1) is 14.0. The normalized spacial score (nSPS) is 20.2. The number of rotatable bonds is 5.